The molecule has 1 aromatic carbocycles. The molecule has 6 heteroatoms. The van der Waals surface area contributed by atoms with Gasteiger partial charge in [0, 0.05) is 18.1 Å². The smallest absolute Gasteiger partial charge is 0.304 e. The standard InChI is InChI=1S/C14H13N3O2S/c1-9-12(11-8-20-14(19)15-11)13(18)17(16(9)2)10-6-4-3-5-7-10/h3-8H,1-2H3,(H,15,19). The van der Waals surface area contributed by atoms with E-state index in [1.54, 1.807) is 14.7 Å². The summed E-state index contributed by atoms with van der Waals surface area (Å²) < 4.78 is 3.39. The van der Waals surface area contributed by atoms with Crippen LogP contribution < -0.4 is 10.4 Å². The zero-order valence-corrected chi connectivity index (χ0v) is 11.9. The molecular weight excluding hydrogens is 274 g/mol. The van der Waals surface area contributed by atoms with E-state index in [2.05, 4.69) is 4.98 Å². The lowest BCUT2D eigenvalue weighted by atomic mass is 10.2. The fourth-order valence-corrected chi connectivity index (χ4v) is 2.85. The molecule has 0 saturated heterocycles. The van der Waals surface area contributed by atoms with Crippen LogP contribution in [0.4, 0.5) is 0 Å². The summed E-state index contributed by atoms with van der Waals surface area (Å²) in [4.78, 5) is 26.5. The van der Waals surface area contributed by atoms with Crippen LogP contribution in [0.15, 0.2) is 45.3 Å². The molecule has 0 atom stereocenters. The molecule has 0 aliphatic carbocycles. The number of thiazole rings is 1. The monoisotopic (exact) mass is 287 g/mol. The maximum absolute atomic E-state index is 12.6. The van der Waals surface area contributed by atoms with Gasteiger partial charge >= 0.3 is 4.87 Å². The van der Waals surface area contributed by atoms with Crippen LogP contribution in [-0.2, 0) is 7.05 Å². The molecule has 0 saturated carbocycles. The number of aromatic amines is 1. The van der Waals surface area contributed by atoms with Gasteiger partial charge < -0.3 is 4.98 Å². The molecule has 0 amide bonds. The molecule has 3 aromatic rings. The van der Waals surface area contributed by atoms with E-state index in [-0.39, 0.29) is 10.4 Å². The van der Waals surface area contributed by atoms with Gasteiger partial charge in [0.05, 0.1) is 16.9 Å². The average molecular weight is 287 g/mol. The number of aromatic nitrogens is 3. The fraction of sp³-hybridized carbons (Fsp3) is 0.143. The topological polar surface area (TPSA) is 59.8 Å². The molecule has 0 unspecified atom stereocenters. The van der Waals surface area contributed by atoms with E-state index in [1.165, 1.54) is 0 Å². The Balaban J connectivity index is 2.30. The van der Waals surface area contributed by atoms with Crippen molar-refractivity contribution in [1.82, 2.24) is 14.3 Å². The largest absolute Gasteiger partial charge is 0.312 e. The predicted molar refractivity (Wildman–Crippen MR) is 79.7 cm³/mol. The highest BCUT2D eigenvalue weighted by Crippen LogP contribution is 2.19. The number of para-hydroxylation sites is 1. The van der Waals surface area contributed by atoms with E-state index in [0.29, 0.717) is 11.3 Å². The van der Waals surface area contributed by atoms with Gasteiger partial charge in [-0.3, -0.25) is 14.3 Å². The summed E-state index contributed by atoms with van der Waals surface area (Å²) in [5.41, 5.74) is 2.59. The van der Waals surface area contributed by atoms with Gasteiger partial charge in [-0.25, -0.2) is 4.68 Å². The zero-order valence-electron chi connectivity index (χ0n) is 11.1. The van der Waals surface area contributed by atoms with Crippen LogP contribution in [0.1, 0.15) is 5.69 Å². The number of nitrogens with zero attached hydrogens (tertiary/aromatic N) is 2. The van der Waals surface area contributed by atoms with Crippen molar-refractivity contribution in [1.29, 1.82) is 0 Å². The van der Waals surface area contributed by atoms with Gasteiger partial charge in [0.2, 0.25) is 0 Å². The summed E-state index contributed by atoms with van der Waals surface area (Å²) in [6.07, 6.45) is 0. The molecule has 0 bridgehead atoms. The first-order chi connectivity index (χ1) is 9.59. The summed E-state index contributed by atoms with van der Waals surface area (Å²) in [5, 5.41) is 1.68. The number of H-pyrrole nitrogens is 1. The second kappa shape index (κ2) is 4.64. The van der Waals surface area contributed by atoms with Crippen LogP contribution in [0.2, 0.25) is 0 Å². The highest BCUT2D eigenvalue weighted by Gasteiger charge is 2.18. The van der Waals surface area contributed by atoms with Crippen molar-refractivity contribution in [2.45, 2.75) is 6.92 Å². The van der Waals surface area contributed by atoms with Crippen molar-refractivity contribution in [2.24, 2.45) is 7.05 Å². The van der Waals surface area contributed by atoms with Gasteiger partial charge in [-0.15, -0.1) is 0 Å². The van der Waals surface area contributed by atoms with Crippen molar-refractivity contribution in [3.05, 3.63) is 61.4 Å². The molecular formula is C14H13N3O2S. The van der Waals surface area contributed by atoms with Crippen molar-refractivity contribution < 1.29 is 0 Å². The minimum absolute atomic E-state index is 0.134. The summed E-state index contributed by atoms with van der Waals surface area (Å²) in [7, 11) is 1.83. The summed E-state index contributed by atoms with van der Waals surface area (Å²) in [6, 6.07) is 9.43. The van der Waals surface area contributed by atoms with Crippen LogP contribution in [-0.4, -0.2) is 14.3 Å². The first-order valence-corrected chi connectivity index (χ1v) is 7.00. The van der Waals surface area contributed by atoms with Crippen LogP contribution >= 0.6 is 11.3 Å². The molecule has 20 heavy (non-hydrogen) atoms. The average Bonchev–Trinajstić information content (AvgIpc) is 2.94. The van der Waals surface area contributed by atoms with Gasteiger partial charge in [-0.05, 0) is 19.1 Å². The molecule has 0 aliphatic heterocycles. The maximum atomic E-state index is 12.6. The third kappa shape index (κ3) is 1.85. The van der Waals surface area contributed by atoms with Crippen LogP contribution in [0.5, 0.6) is 0 Å². The normalized spacial score (nSPS) is 10.9. The Bertz CT molecular complexity index is 868. The van der Waals surface area contributed by atoms with Gasteiger partial charge in [0.15, 0.2) is 0 Å². The lowest BCUT2D eigenvalue weighted by Crippen LogP contribution is -2.20. The minimum Gasteiger partial charge on any atom is -0.312 e. The Morgan fingerprint density at radius 2 is 1.85 bits per heavy atom. The molecule has 102 valence electrons. The van der Waals surface area contributed by atoms with Crippen LogP contribution in [0.3, 0.4) is 0 Å². The summed E-state index contributed by atoms with van der Waals surface area (Å²) >= 11 is 1.06. The zero-order chi connectivity index (χ0) is 14.3. The molecule has 0 fully saturated rings. The second-order valence-corrected chi connectivity index (χ2v) is 5.34. The molecule has 2 heterocycles. The van der Waals surface area contributed by atoms with E-state index in [0.717, 1.165) is 22.7 Å². The Morgan fingerprint density at radius 1 is 1.15 bits per heavy atom. The Hall–Kier alpha value is -2.34. The van der Waals surface area contributed by atoms with E-state index in [9.17, 15) is 9.59 Å². The highest BCUT2D eigenvalue weighted by atomic mass is 32.1. The first kappa shape index (κ1) is 12.7. The Labute approximate surface area is 118 Å². The van der Waals surface area contributed by atoms with E-state index >= 15 is 0 Å². The Kier molecular flexibility index (Phi) is 2.94. The number of hydrogen-bond acceptors (Lipinski definition) is 3. The molecule has 0 aliphatic rings. The van der Waals surface area contributed by atoms with Gasteiger partial charge in [-0.1, -0.05) is 29.5 Å². The lowest BCUT2D eigenvalue weighted by molar-refractivity contribution is 0.630. The van der Waals surface area contributed by atoms with E-state index in [4.69, 9.17) is 0 Å². The number of benzene rings is 1. The van der Waals surface area contributed by atoms with Crippen LogP contribution in [0, 0.1) is 6.92 Å². The molecule has 0 spiro atoms. The quantitative estimate of drug-likeness (QED) is 0.782. The highest BCUT2D eigenvalue weighted by molar-refractivity contribution is 7.07. The number of nitrogens with one attached hydrogen (secondary N) is 1. The van der Waals surface area contributed by atoms with Crippen molar-refractivity contribution >= 4 is 11.3 Å². The number of hydrogen-bond donors (Lipinski definition) is 1. The van der Waals surface area contributed by atoms with Crippen molar-refractivity contribution in [3.8, 4) is 16.9 Å². The van der Waals surface area contributed by atoms with Gasteiger partial charge in [0.1, 0.15) is 0 Å². The first-order valence-electron chi connectivity index (χ1n) is 6.12. The Morgan fingerprint density at radius 3 is 2.45 bits per heavy atom. The fourth-order valence-electron chi connectivity index (χ4n) is 2.28. The predicted octanol–water partition coefficient (Wildman–Crippen LogP) is 1.90. The third-order valence-corrected chi connectivity index (χ3v) is 4.01. The van der Waals surface area contributed by atoms with Gasteiger partial charge in [0.25, 0.3) is 5.56 Å². The third-order valence-electron chi connectivity index (χ3n) is 3.34. The molecule has 0 radical (unpaired) electrons. The summed E-state index contributed by atoms with van der Waals surface area (Å²) in [5.74, 6) is 0. The number of rotatable bonds is 2. The second-order valence-electron chi connectivity index (χ2n) is 4.50. The molecule has 2 aromatic heterocycles. The molecule has 5 nitrogen and oxygen atoms in total. The minimum atomic E-state index is -0.158. The summed E-state index contributed by atoms with van der Waals surface area (Å²) in [6.45, 7) is 1.87. The van der Waals surface area contributed by atoms with Crippen LogP contribution in [0.25, 0.3) is 16.9 Å². The van der Waals surface area contributed by atoms with Crippen molar-refractivity contribution in [3.63, 3.8) is 0 Å². The SMILES string of the molecule is Cc1c(-c2csc(=O)[nH]2)c(=O)n(-c2ccccc2)n1C. The van der Waals surface area contributed by atoms with Gasteiger partial charge in [-0.2, -0.15) is 0 Å². The maximum Gasteiger partial charge on any atom is 0.304 e. The lowest BCUT2D eigenvalue weighted by Gasteiger charge is -2.07. The van der Waals surface area contributed by atoms with Crippen molar-refractivity contribution in [2.75, 3.05) is 0 Å². The van der Waals surface area contributed by atoms with E-state index in [1.807, 2.05) is 44.3 Å². The molecule has 1 N–H and O–H groups in total. The van der Waals surface area contributed by atoms with E-state index < -0.39 is 0 Å². The molecule has 3 rings (SSSR count).